The molecule has 0 saturated heterocycles. The van der Waals surface area contributed by atoms with Gasteiger partial charge >= 0.3 is 0 Å². The van der Waals surface area contributed by atoms with E-state index in [2.05, 4.69) is 42.3 Å². The zero-order valence-electron chi connectivity index (χ0n) is 16.6. The minimum Gasteiger partial charge on any atom is -0.365 e. The van der Waals surface area contributed by atoms with Crippen LogP contribution in [-0.2, 0) is 0 Å². The van der Waals surface area contributed by atoms with E-state index in [1.54, 1.807) is 59.6 Å². The average molecular weight is 420 g/mol. The summed E-state index contributed by atoms with van der Waals surface area (Å²) in [6.07, 6.45) is 5.57. The third-order valence-electron chi connectivity index (χ3n) is 3.52. The van der Waals surface area contributed by atoms with Crippen LogP contribution >= 0.6 is 23.1 Å². The lowest BCUT2D eigenvalue weighted by Crippen LogP contribution is -2.02. The third-order valence-corrected chi connectivity index (χ3v) is 5.97. The van der Waals surface area contributed by atoms with Gasteiger partial charge in [-0.3, -0.25) is 9.78 Å². The maximum Gasteiger partial charge on any atom is 0.183 e. The number of aromatic nitrogens is 2. The van der Waals surface area contributed by atoms with Gasteiger partial charge < -0.3 is 5.32 Å². The monoisotopic (exact) mass is 419 g/mol. The highest BCUT2D eigenvalue weighted by Crippen LogP contribution is 2.40. The van der Waals surface area contributed by atoms with E-state index in [4.69, 9.17) is 0 Å². The van der Waals surface area contributed by atoms with E-state index in [0.29, 0.717) is 17.2 Å². The smallest absolute Gasteiger partial charge is 0.183 e. The summed E-state index contributed by atoms with van der Waals surface area (Å²) < 4.78 is 14.6. The quantitative estimate of drug-likeness (QED) is 0.310. The number of aldehydes is 1. The molecule has 0 aromatic carbocycles. The average Bonchev–Trinajstić information content (AvgIpc) is 3.10. The summed E-state index contributed by atoms with van der Waals surface area (Å²) >= 11 is 3.21. The first-order chi connectivity index (χ1) is 13.3. The topological polar surface area (TPSA) is 54.9 Å². The molecule has 0 fully saturated rings. The van der Waals surface area contributed by atoms with Gasteiger partial charge in [0.1, 0.15) is 11.5 Å². The Balaban J connectivity index is 0.000000406. The van der Waals surface area contributed by atoms with Crippen molar-refractivity contribution in [3.8, 4) is 0 Å². The summed E-state index contributed by atoms with van der Waals surface area (Å²) in [5.74, 6) is -0.0715. The van der Waals surface area contributed by atoms with Crippen LogP contribution in [0.2, 0.25) is 0 Å². The maximum atomic E-state index is 13.5. The van der Waals surface area contributed by atoms with Crippen molar-refractivity contribution in [1.29, 1.82) is 0 Å². The SMILES string of the molecule is C=C/C=C(\C(=C)F)C(C)Sc1sc(NC)nc1C(C)C.O=Cc1ccccn1. The van der Waals surface area contributed by atoms with E-state index in [9.17, 15) is 9.18 Å². The zero-order chi connectivity index (χ0) is 21.1. The molecule has 28 heavy (non-hydrogen) atoms. The van der Waals surface area contributed by atoms with Crippen LogP contribution < -0.4 is 5.32 Å². The molecule has 150 valence electrons. The van der Waals surface area contributed by atoms with Gasteiger partial charge in [-0.05, 0) is 25.0 Å². The van der Waals surface area contributed by atoms with Crippen molar-refractivity contribution in [2.75, 3.05) is 12.4 Å². The molecular formula is C21H26FN3OS2. The zero-order valence-corrected chi connectivity index (χ0v) is 18.2. The van der Waals surface area contributed by atoms with Gasteiger partial charge in [0.05, 0.1) is 9.90 Å². The highest BCUT2D eigenvalue weighted by atomic mass is 32.2. The summed E-state index contributed by atoms with van der Waals surface area (Å²) in [6, 6.07) is 5.21. The van der Waals surface area contributed by atoms with Crippen molar-refractivity contribution in [3.63, 3.8) is 0 Å². The van der Waals surface area contributed by atoms with Crippen LogP contribution in [-0.4, -0.2) is 28.6 Å². The van der Waals surface area contributed by atoms with Crippen LogP contribution in [0, 0.1) is 0 Å². The van der Waals surface area contributed by atoms with Crippen molar-refractivity contribution in [1.82, 2.24) is 9.97 Å². The van der Waals surface area contributed by atoms with Crippen LogP contribution in [0.15, 0.2) is 65.3 Å². The molecule has 0 aliphatic heterocycles. The molecule has 2 aromatic rings. The molecule has 7 heteroatoms. The van der Waals surface area contributed by atoms with E-state index >= 15 is 0 Å². The summed E-state index contributed by atoms with van der Waals surface area (Å²) in [5.41, 5.74) is 2.10. The second-order valence-corrected chi connectivity index (χ2v) is 8.60. The number of anilines is 1. The number of pyridine rings is 1. The summed E-state index contributed by atoms with van der Waals surface area (Å²) in [5, 5.41) is 3.92. The van der Waals surface area contributed by atoms with Crippen LogP contribution in [0.4, 0.5) is 9.52 Å². The number of carbonyl (C=O) groups excluding carboxylic acids is 1. The molecule has 0 radical (unpaired) electrons. The number of halogens is 1. The molecule has 0 amide bonds. The van der Waals surface area contributed by atoms with Gasteiger partial charge in [0.25, 0.3) is 0 Å². The van der Waals surface area contributed by atoms with E-state index in [-0.39, 0.29) is 5.25 Å². The van der Waals surface area contributed by atoms with E-state index in [1.807, 2.05) is 14.0 Å². The highest BCUT2D eigenvalue weighted by Gasteiger charge is 2.20. The van der Waals surface area contributed by atoms with Crippen LogP contribution in [0.5, 0.6) is 0 Å². The van der Waals surface area contributed by atoms with E-state index in [0.717, 1.165) is 21.3 Å². The molecule has 1 N–H and O–H groups in total. The fourth-order valence-corrected chi connectivity index (χ4v) is 4.84. The molecule has 0 spiro atoms. The highest BCUT2D eigenvalue weighted by molar-refractivity contribution is 8.02. The number of allylic oxidation sites excluding steroid dienone is 3. The first kappa shape index (κ1) is 23.8. The van der Waals surface area contributed by atoms with Crippen molar-refractivity contribution in [2.24, 2.45) is 0 Å². The number of carbonyl (C=O) groups is 1. The number of thioether (sulfide) groups is 1. The van der Waals surface area contributed by atoms with Gasteiger partial charge in [-0.25, -0.2) is 9.37 Å². The van der Waals surface area contributed by atoms with Crippen molar-refractivity contribution < 1.29 is 9.18 Å². The normalized spacial score (nSPS) is 12.0. The Kier molecular flexibility index (Phi) is 10.4. The molecule has 4 nitrogen and oxygen atoms in total. The minimum absolute atomic E-state index is 0.0341. The van der Waals surface area contributed by atoms with Crippen molar-refractivity contribution in [2.45, 2.75) is 36.1 Å². The van der Waals surface area contributed by atoms with E-state index in [1.165, 1.54) is 0 Å². The van der Waals surface area contributed by atoms with Crippen LogP contribution in [0.25, 0.3) is 0 Å². The molecule has 2 aromatic heterocycles. The number of hydrogen-bond acceptors (Lipinski definition) is 6. The molecule has 0 saturated carbocycles. The lowest BCUT2D eigenvalue weighted by molar-refractivity contribution is 0.111. The second-order valence-electron chi connectivity index (χ2n) is 5.99. The Morgan fingerprint density at radius 3 is 2.50 bits per heavy atom. The minimum atomic E-state index is -0.408. The fourth-order valence-electron chi connectivity index (χ4n) is 2.12. The molecule has 2 rings (SSSR count). The molecule has 1 atom stereocenters. The predicted molar refractivity (Wildman–Crippen MR) is 119 cm³/mol. The Morgan fingerprint density at radius 1 is 1.36 bits per heavy atom. The molecule has 0 bridgehead atoms. The van der Waals surface area contributed by atoms with Gasteiger partial charge in [-0.1, -0.05) is 56.6 Å². The Bertz CT molecular complexity index is 816. The van der Waals surface area contributed by atoms with Crippen LogP contribution in [0.3, 0.4) is 0 Å². The van der Waals surface area contributed by atoms with Crippen molar-refractivity contribution in [3.05, 3.63) is 72.5 Å². The Morgan fingerprint density at radius 2 is 2.07 bits per heavy atom. The summed E-state index contributed by atoms with van der Waals surface area (Å²) in [7, 11) is 1.85. The molecule has 0 aliphatic rings. The lowest BCUT2D eigenvalue weighted by Gasteiger charge is -2.14. The largest absolute Gasteiger partial charge is 0.365 e. The predicted octanol–water partition coefficient (Wildman–Crippen LogP) is 6.28. The van der Waals surface area contributed by atoms with Gasteiger partial charge in [0.15, 0.2) is 11.4 Å². The molecule has 1 unspecified atom stereocenters. The van der Waals surface area contributed by atoms with E-state index < -0.39 is 5.83 Å². The van der Waals surface area contributed by atoms with Crippen molar-refractivity contribution >= 4 is 34.5 Å². The Hall–Kier alpha value is -2.25. The number of thiazole rings is 1. The van der Waals surface area contributed by atoms with Gasteiger partial charge in [-0.2, -0.15) is 0 Å². The fraction of sp³-hybridized carbons (Fsp3) is 0.286. The number of rotatable bonds is 8. The standard InChI is InChI=1S/C15H21FN2S2.C6H5NO/c1-7-8-12(10(4)16)11(5)19-14-13(9(2)3)18-15(17-6)20-14;8-5-6-3-1-2-4-7-6/h7-9,11H,1,4H2,2-3,5-6H3,(H,17,18);1-5H/b12-8+;. The van der Waals surface area contributed by atoms with Crippen LogP contribution in [0.1, 0.15) is 42.9 Å². The molecule has 0 aliphatic carbocycles. The molecular weight excluding hydrogens is 393 g/mol. The second kappa shape index (κ2) is 12.3. The van der Waals surface area contributed by atoms with Gasteiger partial charge in [-0.15, -0.1) is 11.8 Å². The van der Waals surface area contributed by atoms with Gasteiger partial charge in [0.2, 0.25) is 0 Å². The number of nitrogens with zero attached hydrogens (tertiary/aromatic N) is 2. The third kappa shape index (κ3) is 7.40. The summed E-state index contributed by atoms with van der Waals surface area (Å²) in [4.78, 5) is 18.2. The maximum absolute atomic E-state index is 13.5. The Labute approximate surface area is 174 Å². The van der Waals surface area contributed by atoms with Gasteiger partial charge in [0, 0.05) is 24.1 Å². The summed E-state index contributed by atoms with van der Waals surface area (Å²) in [6.45, 7) is 13.2. The number of hydrogen-bond donors (Lipinski definition) is 1. The first-order valence-electron chi connectivity index (χ1n) is 8.72. The molecule has 2 heterocycles. The lowest BCUT2D eigenvalue weighted by atomic mass is 10.1. The number of nitrogens with one attached hydrogen (secondary N) is 1. The first-order valence-corrected chi connectivity index (χ1v) is 10.4.